The van der Waals surface area contributed by atoms with Crippen LogP contribution in [0.15, 0.2) is 6.07 Å². The highest BCUT2D eigenvalue weighted by Gasteiger charge is 2.17. The highest BCUT2D eigenvalue weighted by atomic mass is 32.2. The summed E-state index contributed by atoms with van der Waals surface area (Å²) in [5, 5.41) is 0. The van der Waals surface area contributed by atoms with Crippen molar-refractivity contribution in [1.29, 1.82) is 0 Å². The predicted molar refractivity (Wildman–Crippen MR) is 71.1 cm³/mol. The smallest absolute Gasteiger partial charge is 0.133 e. The molecule has 0 saturated carbocycles. The van der Waals surface area contributed by atoms with E-state index in [4.69, 9.17) is 5.73 Å². The van der Waals surface area contributed by atoms with Crippen LogP contribution in [-0.2, 0) is 6.54 Å². The van der Waals surface area contributed by atoms with Crippen molar-refractivity contribution in [3.05, 3.63) is 22.9 Å². The van der Waals surface area contributed by atoms with E-state index in [2.05, 4.69) is 29.8 Å². The van der Waals surface area contributed by atoms with Gasteiger partial charge in [0, 0.05) is 42.4 Å². The molecule has 0 spiro atoms. The Balaban J connectivity index is 2.36. The van der Waals surface area contributed by atoms with Crippen LogP contribution in [-0.4, -0.2) is 29.6 Å². The van der Waals surface area contributed by atoms with Gasteiger partial charge in [-0.05, 0) is 25.5 Å². The monoisotopic (exact) mass is 237 g/mol. The number of pyridine rings is 1. The van der Waals surface area contributed by atoms with E-state index in [9.17, 15) is 0 Å². The van der Waals surface area contributed by atoms with Crippen molar-refractivity contribution in [2.45, 2.75) is 20.4 Å². The second-order valence-corrected chi connectivity index (χ2v) is 5.41. The van der Waals surface area contributed by atoms with Crippen molar-refractivity contribution >= 4 is 17.6 Å². The second-order valence-electron chi connectivity index (χ2n) is 4.19. The number of aryl methyl sites for hydroxylation is 2. The zero-order chi connectivity index (χ0) is 11.5. The summed E-state index contributed by atoms with van der Waals surface area (Å²) in [5.74, 6) is 3.50. The topological polar surface area (TPSA) is 42.1 Å². The molecule has 16 heavy (non-hydrogen) atoms. The molecule has 1 saturated heterocycles. The van der Waals surface area contributed by atoms with Gasteiger partial charge in [-0.3, -0.25) is 0 Å². The van der Waals surface area contributed by atoms with Crippen LogP contribution >= 0.6 is 11.8 Å². The molecule has 1 aliphatic heterocycles. The van der Waals surface area contributed by atoms with Gasteiger partial charge in [-0.25, -0.2) is 4.98 Å². The molecule has 2 heterocycles. The Morgan fingerprint density at radius 2 is 2.06 bits per heavy atom. The average Bonchev–Trinajstić information content (AvgIpc) is 2.29. The quantitative estimate of drug-likeness (QED) is 0.850. The molecular weight excluding hydrogens is 218 g/mol. The van der Waals surface area contributed by atoms with E-state index >= 15 is 0 Å². The minimum atomic E-state index is 0.581. The maximum atomic E-state index is 5.84. The molecule has 1 aromatic rings. The lowest BCUT2D eigenvalue weighted by Crippen LogP contribution is -2.34. The fourth-order valence-electron chi connectivity index (χ4n) is 2.13. The molecule has 1 aromatic heterocycles. The van der Waals surface area contributed by atoms with Crippen molar-refractivity contribution < 1.29 is 0 Å². The summed E-state index contributed by atoms with van der Waals surface area (Å²) in [6, 6.07) is 2.12. The van der Waals surface area contributed by atoms with Gasteiger partial charge in [0.05, 0.1) is 0 Å². The van der Waals surface area contributed by atoms with E-state index < -0.39 is 0 Å². The van der Waals surface area contributed by atoms with Crippen LogP contribution < -0.4 is 10.6 Å². The van der Waals surface area contributed by atoms with E-state index in [1.54, 1.807) is 0 Å². The van der Waals surface area contributed by atoms with Crippen molar-refractivity contribution in [3.8, 4) is 0 Å². The molecule has 0 unspecified atom stereocenters. The minimum absolute atomic E-state index is 0.581. The van der Waals surface area contributed by atoms with Gasteiger partial charge in [-0.1, -0.05) is 0 Å². The number of anilines is 1. The third-order valence-electron chi connectivity index (χ3n) is 2.97. The summed E-state index contributed by atoms with van der Waals surface area (Å²) in [6.07, 6.45) is 0. The van der Waals surface area contributed by atoms with Gasteiger partial charge in [0.1, 0.15) is 5.82 Å². The molecule has 0 bridgehead atoms. The number of hydrogen-bond acceptors (Lipinski definition) is 4. The van der Waals surface area contributed by atoms with Crippen LogP contribution in [0.4, 0.5) is 5.82 Å². The van der Waals surface area contributed by atoms with E-state index in [0.29, 0.717) is 6.54 Å². The first-order valence-electron chi connectivity index (χ1n) is 5.72. The van der Waals surface area contributed by atoms with Gasteiger partial charge >= 0.3 is 0 Å². The second kappa shape index (κ2) is 5.06. The van der Waals surface area contributed by atoms with Crippen LogP contribution in [0.5, 0.6) is 0 Å². The number of thioether (sulfide) groups is 1. The van der Waals surface area contributed by atoms with Crippen LogP contribution in [0.2, 0.25) is 0 Å². The molecule has 3 nitrogen and oxygen atoms in total. The highest BCUT2D eigenvalue weighted by molar-refractivity contribution is 7.99. The normalized spacial score (nSPS) is 16.6. The van der Waals surface area contributed by atoms with E-state index in [1.807, 2.05) is 11.8 Å². The zero-order valence-corrected chi connectivity index (χ0v) is 10.8. The Labute approximate surface area is 101 Å². The van der Waals surface area contributed by atoms with Crippen LogP contribution in [0.1, 0.15) is 16.8 Å². The molecule has 0 radical (unpaired) electrons. The number of nitrogens with two attached hydrogens (primary N) is 1. The number of rotatable bonds is 2. The van der Waals surface area contributed by atoms with Crippen LogP contribution in [0.3, 0.4) is 0 Å². The SMILES string of the molecule is Cc1cc(C)c(CN)c(N2CCSCC2)n1. The number of hydrogen-bond donors (Lipinski definition) is 1. The molecule has 0 aromatic carbocycles. The van der Waals surface area contributed by atoms with E-state index in [0.717, 1.165) is 24.6 Å². The van der Waals surface area contributed by atoms with Gasteiger partial charge < -0.3 is 10.6 Å². The predicted octanol–water partition coefficient (Wildman–Crippen LogP) is 1.71. The summed E-state index contributed by atoms with van der Waals surface area (Å²) < 4.78 is 0. The van der Waals surface area contributed by atoms with Crippen molar-refractivity contribution in [2.75, 3.05) is 29.5 Å². The summed E-state index contributed by atoms with van der Waals surface area (Å²) in [5.41, 5.74) is 9.40. The lowest BCUT2D eigenvalue weighted by atomic mass is 10.1. The van der Waals surface area contributed by atoms with E-state index in [1.165, 1.54) is 22.6 Å². The lowest BCUT2D eigenvalue weighted by molar-refractivity contribution is 0.818. The molecule has 4 heteroatoms. The fourth-order valence-corrected chi connectivity index (χ4v) is 3.04. The minimum Gasteiger partial charge on any atom is -0.355 e. The van der Waals surface area contributed by atoms with Crippen LogP contribution in [0.25, 0.3) is 0 Å². The van der Waals surface area contributed by atoms with Crippen molar-refractivity contribution in [2.24, 2.45) is 5.73 Å². The Kier molecular flexibility index (Phi) is 3.71. The molecule has 2 rings (SSSR count). The van der Waals surface area contributed by atoms with E-state index in [-0.39, 0.29) is 0 Å². The molecule has 0 aliphatic carbocycles. The van der Waals surface area contributed by atoms with Crippen molar-refractivity contribution in [3.63, 3.8) is 0 Å². The summed E-state index contributed by atoms with van der Waals surface area (Å²) in [7, 11) is 0. The fraction of sp³-hybridized carbons (Fsp3) is 0.583. The van der Waals surface area contributed by atoms with Gasteiger partial charge in [0.15, 0.2) is 0 Å². The molecule has 2 N–H and O–H groups in total. The first-order valence-corrected chi connectivity index (χ1v) is 6.87. The summed E-state index contributed by atoms with van der Waals surface area (Å²) in [4.78, 5) is 7.04. The van der Waals surface area contributed by atoms with Gasteiger partial charge in [-0.2, -0.15) is 11.8 Å². The molecular formula is C12H19N3S. The first-order chi connectivity index (χ1) is 7.72. The number of aromatic nitrogens is 1. The Morgan fingerprint density at radius 3 is 2.69 bits per heavy atom. The van der Waals surface area contributed by atoms with Gasteiger partial charge in [0.25, 0.3) is 0 Å². The first kappa shape index (κ1) is 11.7. The van der Waals surface area contributed by atoms with Gasteiger partial charge in [0.2, 0.25) is 0 Å². The lowest BCUT2D eigenvalue weighted by Gasteiger charge is -2.30. The Bertz CT molecular complexity index is 373. The third kappa shape index (κ3) is 2.33. The average molecular weight is 237 g/mol. The van der Waals surface area contributed by atoms with Crippen molar-refractivity contribution in [1.82, 2.24) is 4.98 Å². The molecule has 0 atom stereocenters. The Morgan fingerprint density at radius 1 is 1.38 bits per heavy atom. The summed E-state index contributed by atoms with van der Waals surface area (Å²) >= 11 is 2.01. The molecule has 1 aliphatic rings. The molecule has 1 fully saturated rings. The third-order valence-corrected chi connectivity index (χ3v) is 3.91. The zero-order valence-electron chi connectivity index (χ0n) is 9.99. The summed E-state index contributed by atoms with van der Waals surface area (Å²) in [6.45, 7) is 6.94. The van der Waals surface area contributed by atoms with Gasteiger partial charge in [-0.15, -0.1) is 0 Å². The Hall–Kier alpha value is -0.740. The number of nitrogens with zero attached hydrogens (tertiary/aromatic N) is 2. The largest absolute Gasteiger partial charge is 0.355 e. The maximum absolute atomic E-state index is 5.84. The highest BCUT2D eigenvalue weighted by Crippen LogP contribution is 2.24. The standard InChI is InChI=1S/C12H19N3S/c1-9-7-10(2)14-12(11(9)8-13)15-3-5-16-6-4-15/h7H,3-6,8,13H2,1-2H3. The van der Waals surface area contributed by atoms with Crippen LogP contribution in [0, 0.1) is 13.8 Å². The molecule has 0 amide bonds. The maximum Gasteiger partial charge on any atom is 0.133 e. The molecule has 88 valence electrons.